The minimum Gasteiger partial charge on any atom is -0.490 e. The summed E-state index contributed by atoms with van der Waals surface area (Å²) in [6, 6.07) is 20.1. The Labute approximate surface area is 249 Å². The number of anilines is 3. The first-order valence-corrected chi connectivity index (χ1v) is 15.5. The number of piperazine rings is 1. The number of halogens is 2. The Morgan fingerprint density at radius 1 is 0.951 bits per heavy atom. The summed E-state index contributed by atoms with van der Waals surface area (Å²) in [4.78, 5) is 8.54. The molecular weight excluding hydrogens is 587 g/mol. The summed E-state index contributed by atoms with van der Waals surface area (Å²) in [7, 11) is -3.30. The van der Waals surface area contributed by atoms with Gasteiger partial charge in [0.15, 0.2) is 0 Å². The van der Waals surface area contributed by atoms with Crippen molar-refractivity contribution in [3.63, 3.8) is 0 Å². The van der Waals surface area contributed by atoms with Crippen LogP contribution in [0.1, 0.15) is 5.56 Å². The molecule has 1 saturated heterocycles. The Bertz CT molecular complexity index is 1560. The van der Waals surface area contributed by atoms with Crippen molar-refractivity contribution in [2.75, 3.05) is 53.6 Å². The molecule has 0 unspecified atom stereocenters. The zero-order chi connectivity index (χ0) is 29.0. The van der Waals surface area contributed by atoms with Crippen LogP contribution in [0, 0.1) is 0 Å². The van der Waals surface area contributed by atoms with Crippen LogP contribution in [-0.2, 0) is 22.2 Å². The second kappa shape index (κ2) is 12.2. The molecule has 5 rings (SSSR count). The highest BCUT2D eigenvalue weighted by Gasteiger charge is 2.34. The maximum atomic E-state index is 11.6. The van der Waals surface area contributed by atoms with Crippen molar-refractivity contribution < 1.29 is 18.3 Å². The molecule has 0 spiro atoms. The van der Waals surface area contributed by atoms with Gasteiger partial charge in [0, 0.05) is 58.8 Å². The van der Waals surface area contributed by atoms with Crippen molar-refractivity contribution in [2.45, 2.75) is 12.1 Å². The first-order chi connectivity index (χ1) is 19.6. The molecule has 1 atom stereocenters. The van der Waals surface area contributed by atoms with Crippen molar-refractivity contribution in [2.24, 2.45) is 0 Å². The van der Waals surface area contributed by atoms with Gasteiger partial charge in [0.05, 0.1) is 12.8 Å². The van der Waals surface area contributed by atoms with Gasteiger partial charge in [0.25, 0.3) is 0 Å². The molecule has 0 radical (unpaired) electrons. The van der Waals surface area contributed by atoms with Crippen molar-refractivity contribution in [3.05, 3.63) is 95.0 Å². The summed E-state index contributed by atoms with van der Waals surface area (Å²) in [5, 5.41) is 16.6. The molecule has 1 aliphatic heterocycles. The Hall–Kier alpha value is -3.51. The molecule has 1 fully saturated rings. The smallest absolute Gasteiger partial charge is 0.229 e. The molecule has 3 aromatic carbocycles. The summed E-state index contributed by atoms with van der Waals surface area (Å²) in [5.41, 5.74) is 1.67. The largest absolute Gasteiger partial charge is 0.490 e. The van der Waals surface area contributed by atoms with Crippen molar-refractivity contribution in [3.8, 4) is 5.75 Å². The minimum atomic E-state index is -3.30. The second-order valence-corrected chi connectivity index (χ2v) is 12.5. The summed E-state index contributed by atoms with van der Waals surface area (Å²) >= 11 is 12.5. The lowest BCUT2D eigenvalue weighted by Gasteiger charge is -2.37. The van der Waals surface area contributed by atoms with Crippen LogP contribution in [0.5, 0.6) is 5.75 Å². The number of rotatable bonds is 10. The van der Waals surface area contributed by atoms with E-state index in [9.17, 15) is 13.5 Å². The Morgan fingerprint density at radius 2 is 1.56 bits per heavy atom. The number of benzene rings is 3. The van der Waals surface area contributed by atoms with Crippen LogP contribution >= 0.6 is 23.2 Å². The fourth-order valence-corrected chi connectivity index (χ4v) is 5.94. The highest BCUT2D eigenvalue weighted by Crippen LogP contribution is 2.33. The van der Waals surface area contributed by atoms with Gasteiger partial charge in [-0.25, -0.2) is 18.1 Å². The summed E-state index contributed by atoms with van der Waals surface area (Å²) in [6.45, 7) is 3.34. The molecule has 0 amide bonds. The van der Waals surface area contributed by atoms with Gasteiger partial charge < -0.3 is 19.6 Å². The first-order valence-electron chi connectivity index (χ1n) is 12.9. The summed E-state index contributed by atoms with van der Waals surface area (Å²) in [6.07, 6.45) is 4.06. The van der Waals surface area contributed by atoms with Gasteiger partial charge in [-0.15, -0.1) is 0 Å². The standard InChI is InChI=1S/C28H30Cl2N6O4S/c1-41(38,39)33-22-3-5-23(6-4-22)34-12-14-35(15-13-34)24-7-9-25(10-8-24)40-18-28(37,17-36-20-31-19-32-36)26-11-2-21(29)16-27(26)30/h2-11,16,19-20,33,37H,12-15,17-18H2,1H3/t28-/m1/s1. The van der Waals surface area contributed by atoms with Crippen LogP contribution in [0.2, 0.25) is 10.0 Å². The monoisotopic (exact) mass is 616 g/mol. The molecule has 2 N–H and O–H groups in total. The lowest BCUT2D eigenvalue weighted by molar-refractivity contribution is -0.0269. The Morgan fingerprint density at radius 3 is 2.10 bits per heavy atom. The number of hydrogen-bond acceptors (Lipinski definition) is 8. The van der Waals surface area contributed by atoms with Gasteiger partial charge in [-0.2, -0.15) is 5.10 Å². The van der Waals surface area contributed by atoms with E-state index in [1.165, 1.54) is 17.3 Å². The van der Waals surface area contributed by atoms with E-state index >= 15 is 0 Å². The normalized spacial score (nSPS) is 15.4. The van der Waals surface area contributed by atoms with Gasteiger partial charge >= 0.3 is 0 Å². The number of nitrogens with one attached hydrogen (secondary N) is 1. The number of ether oxygens (including phenoxy) is 1. The SMILES string of the molecule is CS(=O)(=O)Nc1ccc(N2CCN(c3ccc(OC[C@](O)(Cn4cncn4)c4ccc(Cl)cc4Cl)cc3)CC2)cc1. The maximum absolute atomic E-state index is 11.6. The predicted octanol–water partition coefficient (Wildman–Crippen LogP) is 4.25. The second-order valence-electron chi connectivity index (χ2n) is 9.93. The number of aliphatic hydroxyl groups is 1. The first kappa shape index (κ1) is 29.0. The van der Waals surface area contributed by atoms with Gasteiger partial charge in [0.1, 0.15) is 30.6 Å². The molecule has 13 heteroatoms. The fraction of sp³-hybridized carbons (Fsp3) is 0.286. The zero-order valence-electron chi connectivity index (χ0n) is 22.3. The molecule has 10 nitrogen and oxygen atoms in total. The van der Waals surface area contributed by atoms with Crippen LogP contribution in [0.3, 0.4) is 0 Å². The molecule has 41 heavy (non-hydrogen) atoms. The van der Waals surface area contributed by atoms with E-state index in [4.69, 9.17) is 27.9 Å². The third-order valence-electron chi connectivity index (χ3n) is 6.82. The quantitative estimate of drug-likeness (QED) is 0.272. The van der Waals surface area contributed by atoms with E-state index in [1.807, 2.05) is 36.4 Å². The zero-order valence-corrected chi connectivity index (χ0v) is 24.6. The predicted molar refractivity (Wildman–Crippen MR) is 162 cm³/mol. The molecule has 1 aromatic heterocycles. The third-order valence-corrected chi connectivity index (χ3v) is 7.97. The van der Waals surface area contributed by atoms with E-state index in [0.29, 0.717) is 27.0 Å². The molecule has 4 aromatic rings. The van der Waals surface area contributed by atoms with E-state index in [1.54, 1.807) is 30.3 Å². The minimum absolute atomic E-state index is 0.0648. The molecule has 2 heterocycles. The van der Waals surface area contributed by atoms with Gasteiger partial charge in [-0.05, 0) is 60.7 Å². The van der Waals surface area contributed by atoms with E-state index in [2.05, 4.69) is 24.6 Å². The molecular formula is C28H30Cl2N6O4S. The number of aromatic nitrogens is 3. The average Bonchev–Trinajstić information content (AvgIpc) is 3.45. The van der Waals surface area contributed by atoms with Gasteiger partial charge in [-0.3, -0.25) is 4.72 Å². The van der Waals surface area contributed by atoms with Crippen molar-refractivity contribution >= 4 is 50.3 Å². The highest BCUT2D eigenvalue weighted by molar-refractivity contribution is 7.92. The molecule has 216 valence electrons. The topological polar surface area (TPSA) is 113 Å². The molecule has 1 aliphatic rings. The summed E-state index contributed by atoms with van der Waals surface area (Å²) < 4.78 is 32.9. The van der Waals surface area contributed by atoms with Crippen LogP contribution in [-0.4, -0.2) is 67.3 Å². The Balaban J connectivity index is 1.20. The lowest BCUT2D eigenvalue weighted by Crippen LogP contribution is -2.46. The van der Waals surface area contributed by atoms with Crippen LogP contribution in [0.15, 0.2) is 79.4 Å². The number of hydrogen-bond donors (Lipinski definition) is 2. The number of sulfonamides is 1. The number of nitrogens with zero attached hydrogens (tertiary/aromatic N) is 5. The maximum Gasteiger partial charge on any atom is 0.229 e. The molecule has 0 bridgehead atoms. The molecule has 0 aliphatic carbocycles. The lowest BCUT2D eigenvalue weighted by atomic mass is 9.94. The highest BCUT2D eigenvalue weighted by atomic mass is 35.5. The van der Waals surface area contributed by atoms with Crippen molar-refractivity contribution in [1.29, 1.82) is 0 Å². The van der Waals surface area contributed by atoms with E-state index < -0.39 is 15.6 Å². The van der Waals surface area contributed by atoms with Crippen LogP contribution < -0.4 is 19.3 Å². The third kappa shape index (κ3) is 7.42. The average molecular weight is 618 g/mol. The van der Waals surface area contributed by atoms with Crippen LogP contribution in [0.25, 0.3) is 0 Å². The fourth-order valence-electron chi connectivity index (χ4n) is 4.79. The van der Waals surface area contributed by atoms with E-state index in [0.717, 1.165) is 43.8 Å². The van der Waals surface area contributed by atoms with Gasteiger partial charge in [-0.1, -0.05) is 29.3 Å². The van der Waals surface area contributed by atoms with Crippen molar-refractivity contribution in [1.82, 2.24) is 14.8 Å². The summed E-state index contributed by atoms with van der Waals surface area (Å²) in [5.74, 6) is 0.609. The molecule has 0 saturated carbocycles. The van der Waals surface area contributed by atoms with E-state index in [-0.39, 0.29) is 13.2 Å². The van der Waals surface area contributed by atoms with Gasteiger partial charge in [0.2, 0.25) is 10.0 Å². The Kier molecular flexibility index (Phi) is 8.60. The van der Waals surface area contributed by atoms with Crippen LogP contribution in [0.4, 0.5) is 17.1 Å².